The van der Waals surface area contributed by atoms with Gasteiger partial charge in [0.25, 0.3) is 0 Å². The molecule has 2 heterocycles. The number of rotatable bonds is 5. The predicted molar refractivity (Wildman–Crippen MR) is 80.2 cm³/mol. The lowest BCUT2D eigenvalue weighted by Gasteiger charge is -2.37. The Bertz CT molecular complexity index is 421. The number of hydrogen-bond acceptors (Lipinski definition) is 3. The number of amides is 1. The summed E-state index contributed by atoms with van der Waals surface area (Å²) >= 11 is 0. The van der Waals surface area contributed by atoms with Gasteiger partial charge in [-0.15, -0.1) is 0 Å². The second-order valence-corrected chi connectivity index (χ2v) is 5.73. The monoisotopic (exact) mass is 275 g/mol. The first-order valence-electron chi connectivity index (χ1n) is 7.60. The summed E-state index contributed by atoms with van der Waals surface area (Å²) in [7, 11) is 0. The summed E-state index contributed by atoms with van der Waals surface area (Å²) in [5.74, 6) is 0.194. The fraction of sp³-hybridized carbons (Fsp3) is 0.625. The normalized spacial score (nSPS) is 19.3. The first-order valence-corrected chi connectivity index (χ1v) is 7.60. The van der Waals surface area contributed by atoms with Crippen molar-refractivity contribution < 1.29 is 4.79 Å². The molecule has 110 valence electrons. The number of carbonyl (C=O) groups is 1. The largest absolute Gasteiger partial charge is 0.348 e. The van der Waals surface area contributed by atoms with Crippen molar-refractivity contribution in [2.75, 3.05) is 13.1 Å². The van der Waals surface area contributed by atoms with Gasteiger partial charge in [0, 0.05) is 6.20 Å². The minimum atomic E-state index is -0.191. The van der Waals surface area contributed by atoms with Crippen molar-refractivity contribution >= 4 is 5.91 Å². The number of nitrogens with zero attached hydrogens (tertiary/aromatic N) is 1. The van der Waals surface area contributed by atoms with Gasteiger partial charge in [-0.05, 0) is 51.4 Å². The highest BCUT2D eigenvalue weighted by Gasteiger charge is 2.39. The van der Waals surface area contributed by atoms with E-state index >= 15 is 0 Å². The molecule has 2 N–H and O–H groups in total. The zero-order valence-electron chi connectivity index (χ0n) is 12.5. The van der Waals surface area contributed by atoms with Gasteiger partial charge in [0.05, 0.1) is 17.2 Å². The zero-order valence-corrected chi connectivity index (χ0v) is 12.5. The molecule has 2 rings (SSSR count). The molecule has 0 aliphatic carbocycles. The molecule has 0 aromatic carbocycles. The molecule has 1 amide bonds. The Hall–Kier alpha value is -1.42. The molecule has 1 aliphatic rings. The molecule has 1 saturated heterocycles. The van der Waals surface area contributed by atoms with Crippen LogP contribution in [0.5, 0.6) is 0 Å². The first-order chi connectivity index (χ1) is 9.68. The van der Waals surface area contributed by atoms with Crippen molar-refractivity contribution in [1.29, 1.82) is 0 Å². The van der Waals surface area contributed by atoms with E-state index in [2.05, 4.69) is 22.5 Å². The van der Waals surface area contributed by atoms with E-state index in [1.54, 1.807) is 6.20 Å². The molecule has 1 aromatic heterocycles. The smallest absolute Gasteiger partial charge is 0.226 e. The van der Waals surface area contributed by atoms with Crippen LogP contribution in [0.4, 0.5) is 0 Å². The van der Waals surface area contributed by atoms with Gasteiger partial charge >= 0.3 is 0 Å². The van der Waals surface area contributed by atoms with Gasteiger partial charge in [0.15, 0.2) is 0 Å². The summed E-state index contributed by atoms with van der Waals surface area (Å²) in [5.41, 5.74) is 0.727. The van der Waals surface area contributed by atoms with E-state index in [4.69, 9.17) is 0 Å². The van der Waals surface area contributed by atoms with E-state index in [9.17, 15) is 4.79 Å². The van der Waals surface area contributed by atoms with E-state index < -0.39 is 0 Å². The van der Waals surface area contributed by atoms with Crippen LogP contribution in [0, 0.1) is 5.41 Å². The summed E-state index contributed by atoms with van der Waals surface area (Å²) in [5, 5.41) is 6.51. The minimum absolute atomic E-state index is 0.0349. The average molecular weight is 275 g/mol. The number of carbonyl (C=O) groups excluding carboxylic acids is 1. The fourth-order valence-corrected chi connectivity index (χ4v) is 3.03. The molecule has 0 bridgehead atoms. The summed E-state index contributed by atoms with van der Waals surface area (Å²) in [6.45, 7) is 6.02. The SMILES string of the molecule is CCCC1(C(=O)NC(C)c2ccccn2)CCNCC1. The second kappa shape index (κ2) is 6.84. The molecule has 1 atom stereocenters. The zero-order chi connectivity index (χ0) is 14.4. The maximum Gasteiger partial charge on any atom is 0.226 e. The van der Waals surface area contributed by atoms with E-state index in [1.165, 1.54) is 0 Å². The number of aromatic nitrogens is 1. The third-order valence-electron chi connectivity index (χ3n) is 4.25. The summed E-state index contributed by atoms with van der Waals surface area (Å²) in [4.78, 5) is 17.0. The van der Waals surface area contributed by atoms with Gasteiger partial charge in [0.1, 0.15) is 0 Å². The Kier molecular flexibility index (Phi) is 5.12. The molecule has 0 spiro atoms. The molecule has 0 radical (unpaired) electrons. The standard InChI is InChI=1S/C16H25N3O/c1-3-7-16(8-11-17-12-9-16)15(20)19-13(2)14-6-4-5-10-18-14/h4-6,10,13,17H,3,7-9,11-12H2,1-2H3,(H,19,20). The molecule has 1 aliphatic heterocycles. The molecule has 0 saturated carbocycles. The highest BCUT2D eigenvalue weighted by atomic mass is 16.2. The minimum Gasteiger partial charge on any atom is -0.348 e. The van der Waals surface area contributed by atoms with Crippen LogP contribution >= 0.6 is 0 Å². The average Bonchev–Trinajstić information content (AvgIpc) is 2.49. The number of piperidine rings is 1. The van der Waals surface area contributed by atoms with Crippen molar-refractivity contribution in [2.24, 2.45) is 5.41 Å². The van der Waals surface area contributed by atoms with Crippen molar-refractivity contribution in [1.82, 2.24) is 15.6 Å². The van der Waals surface area contributed by atoms with Crippen LogP contribution in [0.1, 0.15) is 51.3 Å². The maximum atomic E-state index is 12.7. The quantitative estimate of drug-likeness (QED) is 0.867. The van der Waals surface area contributed by atoms with Crippen LogP contribution in [-0.2, 0) is 4.79 Å². The van der Waals surface area contributed by atoms with Gasteiger partial charge in [0.2, 0.25) is 5.91 Å². The Morgan fingerprint density at radius 2 is 2.20 bits per heavy atom. The van der Waals surface area contributed by atoms with Crippen LogP contribution in [0.3, 0.4) is 0 Å². The first kappa shape index (κ1) is 15.0. The van der Waals surface area contributed by atoms with E-state index in [-0.39, 0.29) is 17.4 Å². The molecule has 4 nitrogen and oxygen atoms in total. The van der Waals surface area contributed by atoms with E-state index in [0.717, 1.165) is 44.5 Å². The molecule has 1 aromatic rings. The topological polar surface area (TPSA) is 54.0 Å². The van der Waals surface area contributed by atoms with Crippen molar-refractivity contribution in [3.63, 3.8) is 0 Å². The molecular weight excluding hydrogens is 250 g/mol. The number of hydrogen-bond donors (Lipinski definition) is 2. The predicted octanol–water partition coefficient (Wildman–Crippen LogP) is 2.43. The fourth-order valence-electron chi connectivity index (χ4n) is 3.03. The van der Waals surface area contributed by atoms with E-state index in [0.29, 0.717) is 0 Å². The van der Waals surface area contributed by atoms with Gasteiger partial charge in [-0.1, -0.05) is 19.4 Å². The van der Waals surface area contributed by atoms with Crippen molar-refractivity contribution in [3.8, 4) is 0 Å². The van der Waals surface area contributed by atoms with Crippen molar-refractivity contribution in [3.05, 3.63) is 30.1 Å². The van der Waals surface area contributed by atoms with Crippen LogP contribution in [0.15, 0.2) is 24.4 Å². The lowest BCUT2D eigenvalue weighted by Crippen LogP contribution is -2.48. The van der Waals surface area contributed by atoms with Gasteiger partial charge in [-0.3, -0.25) is 9.78 Å². The Morgan fingerprint density at radius 3 is 2.80 bits per heavy atom. The second-order valence-electron chi connectivity index (χ2n) is 5.73. The van der Waals surface area contributed by atoms with Crippen LogP contribution < -0.4 is 10.6 Å². The Labute approximate surface area is 121 Å². The lowest BCUT2D eigenvalue weighted by atomic mass is 9.74. The van der Waals surface area contributed by atoms with Crippen LogP contribution in [0.25, 0.3) is 0 Å². The number of nitrogens with one attached hydrogen (secondary N) is 2. The van der Waals surface area contributed by atoms with Gasteiger partial charge in [-0.25, -0.2) is 0 Å². The molecule has 4 heteroatoms. The van der Waals surface area contributed by atoms with Crippen LogP contribution in [0.2, 0.25) is 0 Å². The summed E-state index contributed by atoms with van der Waals surface area (Å²) < 4.78 is 0. The molecule has 1 unspecified atom stereocenters. The van der Waals surface area contributed by atoms with Crippen LogP contribution in [-0.4, -0.2) is 24.0 Å². The lowest BCUT2D eigenvalue weighted by molar-refractivity contribution is -0.133. The highest BCUT2D eigenvalue weighted by Crippen LogP contribution is 2.34. The molecular formula is C16H25N3O. The Morgan fingerprint density at radius 1 is 1.45 bits per heavy atom. The molecule has 1 fully saturated rings. The Balaban J connectivity index is 2.05. The summed E-state index contributed by atoms with van der Waals surface area (Å²) in [6.07, 6.45) is 5.65. The molecule has 20 heavy (non-hydrogen) atoms. The van der Waals surface area contributed by atoms with Gasteiger partial charge < -0.3 is 10.6 Å². The number of pyridine rings is 1. The third-order valence-corrected chi connectivity index (χ3v) is 4.25. The van der Waals surface area contributed by atoms with Gasteiger partial charge in [-0.2, -0.15) is 0 Å². The maximum absolute atomic E-state index is 12.7. The van der Waals surface area contributed by atoms with Crippen molar-refractivity contribution in [2.45, 2.75) is 45.6 Å². The van der Waals surface area contributed by atoms with E-state index in [1.807, 2.05) is 25.1 Å². The highest BCUT2D eigenvalue weighted by molar-refractivity contribution is 5.83. The third kappa shape index (κ3) is 3.37. The summed E-state index contributed by atoms with van der Waals surface area (Å²) in [6, 6.07) is 5.77.